The van der Waals surface area contributed by atoms with Crippen molar-refractivity contribution in [1.29, 1.82) is 0 Å². The van der Waals surface area contributed by atoms with Gasteiger partial charge in [-0.25, -0.2) is 0 Å². The van der Waals surface area contributed by atoms with Crippen molar-refractivity contribution in [2.24, 2.45) is 0 Å². The number of hydrogen-bond acceptors (Lipinski definition) is 4. The average Bonchev–Trinajstić information content (AvgIpc) is 2.72. The lowest BCUT2D eigenvalue weighted by Crippen LogP contribution is -2.33. The summed E-state index contributed by atoms with van der Waals surface area (Å²) in [6, 6.07) is 0.350. The Morgan fingerprint density at radius 1 is 1.50 bits per heavy atom. The lowest BCUT2D eigenvalue weighted by Gasteiger charge is -2.22. The summed E-state index contributed by atoms with van der Waals surface area (Å²) in [7, 11) is 0. The lowest BCUT2D eigenvalue weighted by atomic mass is 10.2. The van der Waals surface area contributed by atoms with Gasteiger partial charge in [-0.1, -0.05) is 0 Å². The predicted octanol–water partition coefficient (Wildman–Crippen LogP) is 1.18. The molecule has 16 heavy (non-hydrogen) atoms. The van der Waals surface area contributed by atoms with Gasteiger partial charge in [-0.3, -0.25) is 9.69 Å². The van der Waals surface area contributed by atoms with Gasteiger partial charge in [-0.2, -0.15) is 0 Å². The Labute approximate surface area is 97.6 Å². The van der Waals surface area contributed by atoms with Crippen molar-refractivity contribution >= 4 is 5.97 Å². The third kappa shape index (κ3) is 4.49. The van der Waals surface area contributed by atoms with Gasteiger partial charge in [0.25, 0.3) is 0 Å². The average molecular weight is 229 g/mol. The first kappa shape index (κ1) is 13.5. The molecule has 1 saturated heterocycles. The highest BCUT2D eigenvalue weighted by Crippen LogP contribution is 2.17. The van der Waals surface area contributed by atoms with E-state index in [1.54, 1.807) is 0 Å². The summed E-state index contributed by atoms with van der Waals surface area (Å²) >= 11 is 0. The van der Waals surface area contributed by atoms with Crippen LogP contribution in [0, 0.1) is 0 Å². The number of likely N-dealkylation sites (tertiary alicyclic amines) is 1. The SMILES string of the molecule is CCOC(=O)CCCCN1CCC[C@@H]1CO. The van der Waals surface area contributed by atoms with Crippen molar-refractivity contribution in [1.82, 2.24) is 4.90 Å². The number of carbonyl (C=O) groups is 1. The Kier molecular flexibility index (Phi) is 6.42. The van der Waals surface area contributed by atoms with Crippen molar-refractivity contribution in [2.75, 3.05) is 26.3 Å². The molecule has 1 heterocycles. The zero-order chi connectivity index (χ0) is 11.8. The van der Waals surface area contributed by atoms with Crippen LogP contribution in [0.2, 0.25) is 0 Å². The Morgan fingerprint density at radius 2 is 2.31 bits per heavy atom. The maximum Gasteiger partial charge on any atom is 0.305 e. The van der Waals surface area contributed by atoms with E-state index in [2.05, 4.69) is 4.90 Å². The van der Waals surface area contributed by atoms with Crippen LogP contribution in [0.4, 0.5) is 0 Å². The summed E-state index contributed by atoms with van der Waals surface area (Å²) < 4.78 is 4.86. The third-order valence-electron chi connectivity index (χ3n) is 3.09. The van der Waals surface area contributed by atoms with Crippen LogP contribution in [0.3, 0.4) is 0 Å². The minimum absolute atomic E-state index is 0.0948. The molecule has 0 aromatic carbocycles. The van der Waals surface area contributed by atoms with E-state index in [-0.39, 0.29) is 12.6 Å². The highest BCUT2D eigenvalue weighted by Gasteiger charge is 2.22. The van der Waals surface area contributed by atoms with Gasteiger partial charge in [-0.15, -0.1) is 0 Å². The van der Waals surface area contributed by atoms with E-state index in [1.807, 2.05) is 6.92 Å². The minimum atomic E-state index is -0.0948. The summed E-state index contributed by atoms with van der Waals surface area (Å²) in [6.45, 7) is 4.64. The van der Waals surface area contributed by atoms with Gasteiger partial charge in [0, 0.05) is 12.5 Å². The molecule has 4 nitrogen and oxygen atoms in total. The summed E-state index contributed by atoms with van der Waals surface area (Å²) in [5.41, 5.74) is 0. The topological polar surface area (TPSA) is 49.8 Å². The molecule has 0 unspecified atom stereocenters. The zero-order valence-corrected chi connectivity index (χ0v) is 10.2. The summed E-state index contributed by atoms with van der Waals surface area (Å²) in [6.07, 6.45) is 4.70. The summed E-state index contributed by atoms with van der Waals surface area (Å²) in [5.74, 6) is -0.0948. The molecular formula is C12H23NO3. The number of aliphatic hydroxyl groups is 1. The van der Waals surface area contributed by atoms with Crippen LogP contribution in [0.1, 0.15) is 39.0 Å². The van der Waals surface area contributed by atoms with Crippen molar-refractivity contribution in [3.63, 3.8) is 0 Å². The van der Waals surface area contributed by atoms with Crippen LogP contribution in [-0.2, 0) is 9.53 Å². The zero-order valence-electron chi connectivity index (χ0n) is 10.2. The molecule has 0 amide bonds. The van der Waals surface area contributed by atoms with E-state index in [0.29, 0.717) is 19.1 Å². The molecule has 4 heteroatoms. The predicted molar refractivity (Wildman–Crippen MR) is 62.2 cm³/mol. The van der Waals surface area contributed by atoms with Gasteiger partial charge in [0.1, 0.15) is 0 Å². The maximum atomic E-state index is 11.1. The number of unbranched alkanes of at least 4 members (excludes halogenated alkanes) is 1. The molecule has 1 rings (SSSR count). The smallest absolute Gasteiger partial charge is 0.305 e. The quantitative estimate of drug-likeness (QED) is 0.526. The number of nitrogens with zero attached hydrogens (tertiary/aromatic N) is 1. The number of hydrogen-bond donors (Lipinski definition) is 1. The Balaban J connectivity index is 2.04. The van der Waals surface area contributed by atoms with Gasteiger partial charge in [0.2, 0.25) is 0 Å². The van der Waals surface area contributed by atoms with Crippen LogP contribution >= 0.6 is 0 Å². The fourth-order valence-electron chi connectivity index (χ4n) is 2.21. The van der Waals surface area contributed by atoms with Gasteiger partial charge in [-0.05, 0) is 45.7 Å². The fourth-order valence-corrected chi connectivity index (χ4v) is 2.21. The molecule has 0 radical (unpaired) electrons. The van der Waals surface area contributed by atoms with Crippen LogP contribution < -0.4 is 0 Å². The minimum Gasteiger partial charge on any atom is -0.466 e. The fraction of sp³-hybridized carbons (Fsp3) is 0.917. The molecular weight excluding hydrogens is 206 g/mol. The second-order valence-corrected chi connectivity index (χ2v) is 4.28. The molecule has 0 aromatic heterocycles. The Hall–Kier alpha value is -0.610. The second kappa shape index (κ2) is 7.63. The molecule has 1 N–H and O–H groups in total. The standard InChI is InChI=1S/C12H23NO3/c1-2-16-12(15)7-3-4-8-13-9-5-6-11(13)10-14/h11,14H,2-10H2,1H3/t11-/m1/s1. The normalized spacial score (nSPS) is 21.2. The number of ether oxygens (including phenoxy) is 1. The second-order valence-electron chi connectivity index (χ2n) is 4.28. The van der Waals surface area contributed by atoms with Crippen molar-refractivity contribution in [3.8, 4) is 0 Å². The van der Waals surface area contributed by atoms with Crippen LogP contribution in [0.5, 0.6) is 0 Å². The van der Waals surface area contributed by atoms with E-state index >= 15 is 0 Å². The number of rotatable bonds is 7. The van der Waals surface area contributed by atoms with E-state index in [4.69, 9.17) is 9.84 Å². The van der Waals surface area contributed by atoms with Crippen molar-refractivity contribution in [2.45, 2.75) is 45.1 Å². The van der Waals surface area contributed by atoms with Crippen molar-refractivity contribution < 1.29 is 14.6 Å². The van der Waals surface area contributed by atoms with E-state index in [1.165, 1.54) is 6.42 Å². The molecule has 0 aromatic rings. The highest BCUT2D eigenvalue weighted by molar-refractivity contribution is 5.69. The van der Waals surface area contributed by atoms with Crippen LogP contribution in [0.25, 0.3) is 0 Å². The highest BCUT2D eigenvalue weighted by atomic mass is 16.5. The summed E-state index contributed by atoms with van der Waals surface area (Å²) in [4.78, 5) is 13.4. The largest absolute Gasteiger partial charge is 0.466 e. The molecule has 94 valence electrons. The first-order valence-corrected chi connectivity index (χ1v) is 6.28. The molecule has 0 aliphatic carbocycles. The monoisotopic (exact) mass is 229 g/mol. The number of carbonyl (C=O) groups excluding carboxylic acids is 1. The maximum absolute atomic E-state index is 11.1. The Bertz CT molecular complexity index is 208. The number of aliphatic hydroxyl groups excluding tert-OH is 1. The first-order valence-electron chi connectivity index (χ1n) is 6.28. The van der Waals surface area contributed by atoms with E-state index in [9.17, 15) is 4.79 Å². The molecule has 0 saturated carbocycles. The van der Waals surface area contributed by atoms with Gasteiger partial charge >= 0.3 is 5.97 Å². The van der Waals surface area contributed by atoms with E-state index < -0.39 is 0 Å². The molecule has 0 spiro atoms. The van der Waals surface area contributed by atoms with Gasteiger partial charge in [0.15, 0.2) is 0 Å². The van der Waals surface area contributed by atoms with Crippen LogP contribution in [0.15, 0.2) is 0 Å². The molecule has 1 aliphatic rings. The van der Waals surface area contributed by atoms with Crippen molar-refractivity contribution in [3.05, 3.63) is 0 Å². The molecule has 1 aliphatic heterocycles. The number of esters is 1. The molecule has 1 fully saturated rings. The summed E-state index contributed by atoms with van der Waals surface area (Å²) in [5, 5.41) is 9.14. The molecule has 1 atom stereocenters. The molecule has 0 bridgehead atoms. The van der Waals surface area contributed by atoms with Gasteiger partial charge in [0.05, 0.1) is 13.2 Å². The van der Waals surface area contributed by atoms with Crippen LogP contribution in [-0.4, -0.2) is 48.3 Å². The third-order valence-corrected chi connectivity index (χ3v) is 3.09. The lowest BCUT2D eigenvalue weighted by molar-refractivity contribution is -0.143. The van der Waals surface area contributed by atoms with E-state index in [0.717, 1.165) is 32.4 Å². The first-order chi connectivity index (χ1) is 7.77. The Morgan fingerprint density at radius 3 is 3.00 bits per heavy atom. The van der Waals surface area contributed by atoms with Gasteiger partial charge < -0.3 is 9.84 Å².